The van der Waals surface area contributed by atoms with Crippen LogP contribution in [0.2, 0.25) is 0 Å². The summed E-state index contributed by atoms with van der Waals surface area (Å²) in [7, 11) is 0. The van der Waals surface area contributed by atoms with Gasteiger partial charge in [0, 0.05) is 6.20 Å². The van der Waals surface area contributed by atoms with Crippen molar-refractivity contribution in [2.45, 2.75) is 39.2 Å². The van der Waals surface area contributed by atoms with Crippen molar-refractivity contribution in [1.82, 2.24) is 25.3 Å². The van der Waals surface area contributed by atoms with E-state index in [0.717, 1.165) is 35.3 Å². The minimum Gasteiger partial charge on any atom is -0.317 e. The molecule has 0 radical (unpaired) electrons. The van der Waals surface area contributed by atoms with E-state index in [2.05, 4.69) is 33.7 Å². The molecule has 1 saturated heterocycles. The third-order valence-electron chi connectivity index (χ3n) is 3.63. The maximum absolute atomic E-state index is 4.63. The van der Waals surface area contributed by atoms with Crippen LogP contribution in [0.25, 0.3) is 0 Å². The van der Waals surface area contributed by atoms with Gasteiger partial charge in [0.05, 0.1) is 12.2 Å². The van der Waals surface area contributed by atoms with Crippen LogP contribution in [-0.4, -0.2) is 33.1 Å². The van der Waals surface area contributed by atoms with Crippen LogP contribution in [0.4, 0.5) is 0 Å². The molecule has 2 aromatic rings. The van der Waals surface area contributed by atoms with E-state index in [0.29, 0.717) is 5.92 Å². The lowest BCUT2D eigenvalue weighted by Gasteiger charge is -2.21. The van der Waals surface area contributed by atoms with E-state index >= 15 is 0 Å². The van der Waals surface area contributed by atoms with E-state index < -0.39 is 0 Å². The summed E-state index contributed by atoms with van der Waals surface area (Å²) in [4.78, 5) is 0. The Morgan fingerprint density at radius 3 is 2.79 bits per heavy atom. The Hall–Kier alpha value is -1.27. The van der Waals surface area contributed by atoms with Crippen molar-refractivity contribution < 1.29 is 0 Å². The Morgan fingerprint density at radius 1 is 1.32 bits per heavy atom. The molecule has 1 N–H and O–H groups in total. The van der Waals surface area contributed by atoms with Gasteiger partial charge in [-0.25, -0.2) is 0 Å². The Kier molecular flexibility index (Phi) is 3.61. The molecule has 1 fully saturated rings. The Balaban J connectivity index is 1.76. The highest BCUT2D eigenvalue weighted by Crippen LogP contribution is 2.27. The van der Waals surface area contributed by atoms with Crippen LogP contribution < -0.4 is 5.32 Å². The summed E-state index contributed by atoms with van der Waals surface area (Å²) in [5, 5.41) is 18.3. The molecule has 2 aromatic heterocycles. The number of aromatic nitrogens is 4. The fourth-order valence-corrected chi connectivity index (χ4v) is 3.39. The van der Waals surface area contributed by atoms with Gasteiger partial charge < -0.3 is 5.32 Å². The van der Waals surface area contributed by atoms with Crippen LogP contribution >= 0.6 is 11.3 Å². The molecule has 0 aromatic carbocycles. The van der Waals surface area contributed by atoms with E-state index in [1.54, 1.807) is 11.3 Å². The molecule has 0 aliphatic carbocycles. The van der Waals surface area contributed by atoms with Crippen LogP contribution in [0.15, 0.2) is 6.20 Å². The van der Waals surface area contributed by atoms with E-state index in [1.807, 2.05) is 11.6 Å². The number of rotatable bonds is 3. The second-order valence-corrected chi connectivity index (χ2v) is 6.37. The lowest BCUT2D eigenvalue weighted by molar-refractivity contribution is 0.459. The predicted octanol–water partition coefficient (Wildman–Crippen LogP) is 1.87. The third-order valence-corrected chi connectivity index (χ3v) is 4.45. The molecule has 0 spiro atoms. The van der Waals surface area contributed by atoms with Crippen LogP contribution in [0, 0.1) is 13.8 Å². The predicted molar refractivity (Wildman–Crippen MR) is 75.6 cm³/mol. The lowest BCUT2D eigenvalue weighted by Crippen LogP contribution is -2.26. The summed E-state index contributed by atoms with van der Waals surface area (Å²) < 4.78 is 2.01. The first kappa shape index (κ1) is 12.7. The van der Waals surface area contributed by atoms with Gasteiger partial charge in [0.1, 0.15) is 10.0 Å². The average Bonchev–Trinajstić information content (AvgIpc) is 2.97. The summed E-state index contributed by atoms with van der Waals surface area (Å²) >= 11 is 1.64. The van der Waals surface area contributed by atoms with Gasteiger partial charge in [-0.15, -0.1) is 10.2 Å². The van der Waals surface area contributed by atoms with Gasteiger partial charge in [0.25, 0.3) is 0 Å². The summed E-state index contributed by atoms with van der Waals surface area (Å²) in [6.07, 6.45) is 4.62. The van der Waals surface area contributed by atoms with Gasteiger partial charge in [0.15, 0.2) is 0 Å². The summed E-state index contributed by atoms with van der Waals surface area (Å²) in [5.74, 6) is 0.658. The molecule has 0 saturated carbocycles. The monoisotopic (exact) mass is 277 g/mol. The molecular weight excluding hydrogens is 258 g/mol. The zero-order valence-corrected chi connectivity index (χ0v) is 12.2. The maximum atomic E-state index is 4.63. The first-order chi connectivity index (χ1) is 9.22. The molecule has 0 bridgehead atoms. The highest BCUT2D eigenvalue weighted by atomic mass is 32.1. The topological polar surface area (TPSA) is 55.6 Å². The molecule has 3 heterocycles. The number of hydrogen-bond acceptors (Lipinski definition) is 5. The van der Waals surface area contributed by atoms with E-state index in [4.69, 9.17) is 0 Å². The number of piperidine rings is 1. The Morgan fingerprint density at radius 2 is 2.11 bits per heavy atom. The summed E-state index contributed by atoms with van der Waals surface area (Å²) in [5.41, 5.74) is 2.57. The molecule has 0 unspecified atom stereocenters. The fraction of sp³-hybridized carbons (Fsp3) is 0.615. The molecule has 102 valence electrons. The molecule has 0 atom stereocenters. The Labute approximate surface area is 117 Å². The molecule has 5 nitrogen and oxygen atoms in total. The molecular formula is C13H19N5S. The van der Waals surface area contributed by atoms with E-state index in [-0.39, 0.29) is 0 Å². The Bertz CT molecular complexity index is 553. The smallest absolute Gasteiger partial charge is 0.139 e. The minimum atomic E-state index is 0.658. The molecule has 1 aliphatic heterocycles. The maximum Gasteiger partial charge on any atom is 0.139 e. The van der Waals surface area contributed by atoms with Crippen molar-refractivity contribution in [3.63, 3.8) is 0 Å². The first-order valence-corrected chi connectivity index (χ1v) is 7.57. The average molecular weight is 277 g/mol. The highest BCUT2D eigenvalue weighted by molar-refractivity contribution is 7.11. The molecule has 3 rings (SSSR count). The van der Waals surface area contributed by atoms with Crippen LogP contribution in [0.5, 0.6) is 0 Å². The third kappa shape index (κ3) is 2.84. The normalized spacial score (nSPS) is 16.9. The van der Waals surface area contributed by atoms with Crippen LogP contribution in [0.3, 0.4) is 0 Å². The minimum absolute atomic E-state index is 0.658. The van der Waals surface area contributed by atoms with E-state index in [1.165, 1.54) is 18.4 Å². The van der Waals surface area contributed by atoms with Gasteiger partial charge >= 0.3 is 0 Å². The quantitative estimate of drug-likeness (QED) is 0.930. The fourth-order valence-electron chi connectivity index (χ4n) is 2.69. The van der Waals surface area contributed by atoms with Crippen molar-refractivity contribution in [1.29, 1.82) is 0 Å². The van der Waals surface area contributed by atoms with Gasteiger partial charge in [0.2, 0.25) is 0 Å². The molecule has 0 amide bonds. The number of nitrogens with one attached hydrogen (secondary N) is 1. The summed E-state index contributed by atoms with van der Waals surface area (Å²) in [6, 6.07) is 0. The van der Waals surface area contributed by atoms with Crippen molar-refractivity contribution >= 4 is 11.3 Å². The van der Waals surface area contributed by atoms with Crippen molar-refractivity contribution in [3.8, 4) is 0 Å². The van der Waals surface area contributed by atoms with Crippen molar-refractivity contribution in [2.75, 3.05) is 13.1 Å². The lowest BCUT2D eigenvalue weighted by atomic mass is 9.91. The number of hydrogen-bond donors (Lipinski definition) is 1. The number of nitrogens with zero attached hydrogens (tertiary/aromatic N) is 4. The van der Waals surface area contributed by atoms with Crippen molar-refractivity contribution in [3.05, 3.63) is 27.5 Å². The van der Waals surface area contributed by atoms with Gasteiger partial charge in [-0.2, -0.15) is 5.10 Å². The van der Waals surface area contributed by atoms with E-state index in [9.17, 15) is 0 Å². The second-order valence-electron chi connectivity index (χ2n) is 5.11. The summed E-state index contributed by atoms with van der Waals surface area (Å²) in [6.45, 7) is 7.06. The van der Waals surface area contributed by atoms with Crippen molar-refractivity contribution in [2.24, 2.45) is 0 Å². The first-order valence-electron chi connectivity index (χ1n) is 6.76. The number of aryl methyl sites for hydroxylation is 2. The van der Waals surface area contributed by atoms with Crippen LogP contribution in [-0.2, 0) is 6.54 Å². The highest BCUT2D eigenvalue weighted by Gasteiger charge is 2.19. The standard InChI is InChI=1S/C13H19N5S/c1-9-12(11-3-5-14-6-4-11)7-18(17-9)8-13-16-15-10(2)19-13/h7,11,14H,3-6,8H2,1-2H3. The SMILES string of the molecule is Cc1nnc(Cn2cc(C3CCNCC3)c(C)n2)s1. The largest absolute Gasteiger partial charge is 0.317 e. The van der Waals surface area contributed by atoms with Gasteiger partial charge in [-0.05, 0) is 51.3 Å². The molecule has 19 heavy (non-hydrogen) atoms. The molecule has 1 aliphatic rings. The van der Waals surface area contributed by atoms with Gasteiger partial charge in [-0.3, -0.25) is 4.68 Å². The zero-order chi connectivity index (χ0) is 13.2. The molecule has 6 heteroatoms. The van der Waals surface area contributed by atoms with Gasteiger partial charge in [-0.1, -0.05) is 11.3 Å². The second kappa shape index (κ2) is 5.38. The van der Waals surface area contributed by atoms with Crippen LogP contribution in [0.1, 0.15) is 40.0 Å². The zero-order valence-electron chi connectivity index (χ0n) is 11.4.